The van der Waals surface area contributed by atoms with Crippen LogP contribution in [-0.2, 0) is 4.79 Å². The lowest BCUT2D eigenvalue weighted by atomic mass is 10.1. The molecule has 3 aromatic rings. The lowest BCUT2D eigenvalue weighted by Crippen LogP contribution is -2.09. The highest BCUT2D eigenvalue weighted by molar-refractivity contribution is 5.96. The fourth-order valence-corrected chi connectivity index (χ4v) is 2.76. The fourth-order valence-electron chi connectivity index (χ4n) is 2.76. The quantitative estimate of drug-likeness (QED) is 0.342. The molecule has 0 saturated carbocycles. The zero-order valence-corrected chi connectivity index (χ0v) is 15.6. The number of aliphatic carboxylic acids is 1. The van der Waals surface area contributed by atoms with E-state index in [9.17, 15) is 4.79 Å². The topological polar surface area (TPSA) is 79.5 Å². The van der Waals surface area contributed by atoms with Gasteiger partial charge in [-0.25, -0.2) is 4.79 Å². The maximum atomic E-state index is 11.0. The van der Waals surface area contributed by atoms with Gasteiger partial charge in [0.1, 0.15) is 36.4 Å². The van der Waals surface area contributed by atoms with Crippen molar-refractivity contribution in [2.75, 3.05) is 13.2 Å². The maximum Gasteiger partial charge on any atom is 0.346 e. The van der Waals surface area contributed by atoms with Gasteiger partial charge in [0.2, 0.25) is 0 Å². The van der Waals surface area contributed by atoms with Gasteiger partial charge < -0.3 is 14.6 Å². The second-order valence-corrected chi connectivity index (χ2v) is 6.11. The Morgan fingerprint density at radius 1 is 0.931 bits per heavy atom. The number of para-hydroxylation sites is 1. The number of hydrogen-bond acceptors (Lipinski definition) is 4. The molecule has 0 amide bonds. The normalized spacial score (nSPS) is 10.8. The first-order valence-corrected chi connectivity index (χ1v) is 9.02. The Morgan fingerprint density at radius 3 is 2.41 bits per heavy atom. The number of carbonyl (C=O) groups is 1. The Labute approximate surface area is 169 Å². The molecule has 144 valence electrons. The Kier molecular flexibility index (Phi) is 6.64. The number of carboxylic acid groups (broad SMARTS) is 1. The molecule has 0 aliphatic heterocycles. The van der Waals surface area contributed by atoms with Crippen molar-refractivity contribution in [2.45, 2.75) is 0 Å². The van der Waals surface area contributed by atoms with Crippen LogP contribution < -0.4 is 9.47 Å². The SMILES string of the molecule is N#CC(=Cc1cccc(OCCOc2ccccc2-c2ccccc2)c1)C(=O)O. The van der Waals surface area contributed by atoms with Gasteiger partial charge >= 0.3 is 5.97 Å². The van der Waals surface area contributed by atoms with Crippen molar-refractivity contribution in [3.63, 3.8) is 0 Å². The average Bonchev–Trinajstić information content (AvgIpc) is 2.76. The fraction of sp³-hybridized carbons (Fsp3) is 0.0833. The van der Waals surface area contributed by atoms with Crippen LogP contribution >= 0.6 is 0 Å². The Balaban J connectivity index is 1.61. The standard InChI is InChI=1S/C24H19NO4/c25-17-20(24(26)27)15-18-7-6-10-21(16-18)28-13-14-29-23-12-5-4-11-22(23)19-8-2-1-3-9-19/h1-12,15-16H,13-14H2,(H,26,27). The molecule has 0 radical (unpaired) electrons. The van der Waals surface area contributed by atoms with Crippen molar-refractivity contribution >= 4 is 12.0 Å². The predicted octanol–water partition coefficient (Wildman–Crippen LogP) is 4.80. The molecule has 0 bridgehead atoms. The van der Waals surface area contributed by atoms with Crippen molar-refractivity contribution in [2.24, 2.45) is 0 Å². The molecule has 3 aromatic carbocycles. The molecule has 0 heterocycles. The summed E-state index contributed by atoms with van der Waals surface area (Å²) in [5.74, 6) is 0.0878. The number of benzene rings is 3. The maximum absolute atomic E-state index is 11.0. The summed E-state index contributed by atoms with van der Waals surface area (Å²) in [6, 6.07) is 26.4. The van der Waals surface area contributed by atoms with Crippen LogP contribution in [0.5, 0.6) is 11.5 Å². The number of nitriles is 1. The summed E-state index contributed by atoms with van der Waals surface area (Å²) in [6.45, 7) is 0.669. The van der Waals surface area contributed by atoms with E-state index in [-0.39, 0.29) is 5.57 Å². The van der Waals surface area contributed by atoms with Gasteiger partial charge in [0.05, 0.1) is 0 Å². The van der Waals surface area contributed by atoms with Crippen LogP contribution in [0.4, 0.5) is 0 Å². The highest BCUT2D eigenvalue weighted by atomic mass is 16.5. The third-order valence-electron chi connectivity index (χ3n) is 4.10. The second kappa shape index (κ2) is 9.77. The molecule has 0 saturated heterocycles. The molecule has 29 heavy (non-hydrogen) atoms. The van der Waals surface area contributed by atoms with E-state index in [1.54, 1.807) is 30.3 Å². The Morgan fingerprint density at radius 2 is 1.66 bits per heavy atom. The van der Waals surface area contributed by atoms with Crippen molar-refractivity contribution in [1.82, 2.24) is 0 Å². The van der Waals surface area contributed by atoms with E-state index in [1.807, 2.05) is 54.6 Å². The highest BCUT2D eigenvalue weighted by Gasteiger charge is 2.07. The first-order chi connectivity index (χ1) is 14.2. The van der Waals surface area contributed by atoms with Gasteiger partial charge in [-0.3, -0.25) is 0 Å². The van der Waals surface area contributed by atoms with Gasteiger partial charge in [-0.15, -0.1) is 0 Å². The van der Waals surface area contributed by atoms with E-state index in [2.05, 4.69) is 0 Å². The van der Waals surface area contributed by atoms with E-state index in [4.69, 9.17) is 19.8 Å². The zero-order valence-electron chi connectivity index (χ0n) is 15.6. The Hall–Kier alpha value is -4.04. The first kappa shape index (κ1) is 19.7. The van der Waals surface area contributed by atoms with Crippen molar-refractivity contribution in [3.8, 4) is 28.7 Å². The van der Waals surface area contributed by atoms with Crippen LogP contribution in [0.3, 0.4) is 0 Å². The minimum atomic E-state index is -1.26. The summed E-state index contributed by atoms with van der Waals surface area (Å²) in [5, 5.41) is 17.8. The first-order valence-electron chi connectivity index (χ1n) is 9.02. The molecule has 0 aliphatic rings. The zero-order chi connectivity index (χ0) is 20.5. The van der Waals surface area contributed by atoms with Crippen LogP contribution in [0.1, 0.15) is 5.56 Å². The van der Waals surface area contributed by atoms with E-state index in [0.29, 0.717) is 24.5 Å². The lowest BCUT2D eigenvalue weighted by Gasteiger charge is -2.12. The molecule has 5 heteroatoms. The number of hydrogen-bond donors (Lipinski definition) is 1. The van der Waals surface area contributed by atoms with Crippen LogP contribution in [0.15, 0.2) is 84.4 Å². The van der Waals surface area contributed by atoms with Crippen molar-refractivity contribution < 1.29 is 19.4 Å². The van der Waals surface area contributed by atoms with Gasteiger partial charge in [0.25, 0.3) is 0 Å². The summed E-state index contributed by atoms with van der Waals surface area (Å²) in [4.78, 5) is 11.0. The van der Waals surface area contributed by atoms with E-state index < -0.39 is 5.97 Å². The van der Waals surface area contributed by atoms with Crippen LogP contribution in [0, 0.1) is 11.3 Å². The van der Waals surface area contributed by atoms with Gasteiger partial charge in [-0.2, -0.15) is 5.26 Å². The summed E-state index contributed by atoms with van der Waals surface area (Å²) in [6.07, 6.45) is 1.31. The lowest BCUT2D eigenvalue weighted by molar-refractivity contribution is -0.132. The number of rotatable bonds is 8. The number of ether oxygens (including phenoxy) is 2. The molecule has 0 fully saturated rings. The summed E-state index contributed by atoms with van der Waals surface area (Å²) in [5.41, 5.74) is 2.34. The minimum Gasteiger partial charge on any atom is -0.490 e. The van der Waals surface area contributed by atoms with Crippen molar-refractivity contribution in [1.29, 1.82) is 5.26 Å². The molecule has 3 rings (SSSR count). The van der Waals surface area contributed by atoms with Gasteiger partial charge in [0.15, 0.2) is 0 Å². The molecule has 0 unspecified atom stereocenters. The summed E-state index contributed by atoms with van der Waals surface area (Å²) >= 11 is 0. The molecule has 1 N–H and O–H groups in total. The third-order valence-corrected chi connectivity index (χ3v) is 4.10. The van der Waals surface area contributed by atoms with E-state index in [1.165, 1.54) is 6.08 Å². The minimum absolute atomic E-state index is 0.320. The summed E-state index contributed by atoms with van der Waals surface area (Å²) < 4.78 is 11.6. The molecule has 0 atom stereocenters. The largest absolute Gasteiger partial charge is 0.490 e. The van der Waals surface area contributed by atoms with E-state index >= 15 is 0 Å². The smallest absolute Gasteiger partial charge is 0.346 e. The Bertz CT molecular complexity index is 1050. The van der Waals surface area contributed by atoms with Crippen molar-refractivity contribution in [3.05, 3.63) is 90.0 Å². The number of carboxylic acids is 1. The highest BCUT2D eigenvalue weighted by Crippen LogP contribution is 2.29. The molecule has 0 aliphatic carbocycles. The number of nitrogens with zero attached hydrogens (tertiary/aromatic N) is 1. The predicted molar refractivity (Wildman–Crippen MR) is 111 cm³/mol. The van der Waals surface area contributed by atoms with Crippen LogP contribution in [0.25, 0.3) is 17.2 Å². The van der Waals surface area contributed by atoms with Crippen LogP contribution in [0.2, 0.25) is 0 Å². The van der Waals surface area contributed by atoms with Crippen LogP contribution in [-0.4, -0.2) is 24.3 Å². The monoisotopic (exact) mass is 385 g/mol. The molecular weight excluding hydrogens is 366 g/mol. The summed E-state index contributed by atoms with van der Waals surface area (Å²) in [7, 11) is 0. The van der Waals surface area contributed by atoms with E-state index in [0.717, 1.165) is 16.9 Å². The molecule has 5 nitrogen and oxygen atoms in total. The van der Waals surface area contributed by atoms with Gasteiger partial charge in [-0.05, 0) is 35.4 Å². The van der Waals surface area contributed by atoms with Gasteiger partial charge in [0, 0.05) is 5.56 Å². The average molecular weight is 385 g/mol. The second-order valence-electron chi connectivity index (χ2n) is 6.11. The molecule has 0 spiro atoms. The third kappa shape index (κ3) is 5.47. The molecule has 0 aromatic heterocycles. The molecular formula is C24H19NO4. The van der Waals surface area contributed by atoms with Gasteiger partial charge in [-0.1, -0.05) is 60.7 Å².